The van der Waals surface area contributed by atoms with Gasteiger partial charge in [-0.05, 0) is 25.8 Å². The van der Waals surface area contributed by atoms with Crippen LogP contribution in [-0.4, -0.2) is 34.5 Å². The van der Waals surface area contributed by atoms with Crippen molar-refractivity contribution in [1.29, 1.82) is 0 Å². The van der Waals surface area contributed by atoms with Gasteiger partial charge in [-0.3, -0.25) is 9.36 Å². The Bertz CT molecular complexity index is 675. The number of nitrogens with zero attached hydrogens (tertiary/aromatic N) is 4. The fourth-order valence-electron chi connectivity index (χ4n) is 2.20. The summed E-state index contributed by atoms with van der Waals surface area (Å²) in [6, 6.07) is 2.06. The van der Waals surface area contributed by atoms with Crippen molar-refractivity contribution in [3.05, 3.63) is 30.4 Å². The summed E-state index contributed by atoms with van der Waals surface area (Å²) in [5.74, 6) is 0. The minimum absolute atomic E-state index is 0.192. The van der Waals surface area contributed by atoms with Crippen LogP contribution in [0.3, 0.4) is 0 Å². The zero-order valence-electron chi connectivity index (χ0n) is 12.5. The highest BCUT2D eigenvalue weighted by Crippen LogP contribution is 2.16. The molecule has 0 aliphatic rings. The van der Waals surface area contributed by atoms with E-state index in [1.807, 2.05) is 16.9 Å². The summed E-state index contributed by atoms with van der Waals surface area (Å²) in [6.45, 7) is 4.17. The van der Waals surface area contributed by atoms with Crippen molar-refractivity contribution in [1.82, 2.24) is 24.3 Å². The molecule has 0 fully saturated rings. The van der Waals surface area contributed by atoms with Crippen molar-refractivity contribution in [3.8, 4) is 0 Å². The third-order valence-corrected chi connectivity index (χ3v) is 5.18. The van der Waals surface area contributed by atoms with Crippen LogP contribution in [0.15, 0.2) is 29.6 Å². The molecule has 2 aromatic heterocycles. The summed E-state index contributed by atoms with van der Waals surface area (Å²) in [6.07, 6.45) is 6.59. The van der Waals surface area contributed by atoms with Crippen LogP contribution in [0.4, 0.5) is 0 Å². The number of rotatable bonds is 7. The Morgan fingerprint density at radius 2 is 2.14 bits per heavy atom. The molecule has 0 aromatic carbocycles. The van der Waals surface area contributed by atoms with E-state index in [1.165, 1.54) is 6.20 Å². The Balaban J connectivity index is 1.98. The van der Waals surface area contributed by atoms with E-state index in [2.05, 4.69) is 21.8 Å². The van der Waals surface area contributed by atoms with Gasteiger partial charge < -0.3 is 0 Å². The zero-order valence-corrected chi connectivity index (χ0v) is 13.3. The number of aromatic nitrogens is 4. The molecule has 21 heavy (non-hydrogen) atoms. The Kier molecular flexibility index (Phi) is 4.79. The molecule has 1 atom stereocenters. The van der Waals surface area contributed by atoms with Gasteiger partial charge in [0.2, 0.25) is 10.0 Å². The predicted octanol–water partition coefficient (Wildman–Crippen LogP) is 1.24. The quantitative estimate of drug-likeness (QED) is 0.834. The third-order valence-electron chi connectivity index (χ3n) is 3.62. The van der Waals surface area contributed by atoms with E-state index in [-0.39, 0.29) is 10.9 Å². The van der Waals surface area contributed by atoms with Gasteiger partial charge in [0, 0.05) is 26.0 Å². The Morgan fingerprint density at radius 3 is 2.67 bits per heavy atom. The van der Waals surface area contributed by atoms with E-state index in [9.17, 15) is 8.42 Å². The second-order valence-electron chi connectivity index (χ2n) is 4.95. The van der Waals surface area contributed by atoms with Crippen molar-refractivity contribution in [2.75, 3.05) is 6.54 Å². The lowest BCUT2D eigenvalue weighted by molar-refractivity contribution is 0.412. The average Bonchev–Trinajstić information content (AvgIpc) is 3.07. The molecule has 0 saturated heterocycles. The minimum atomic E-state index is -3.51. The molecule has 116 valence electrons. The van der Waals surface area contributed by atoms with Gasteiger partial charge in [0.1, 0.15) is 4.90 Å². The summed E-state index contributed by atoms with van der Waals surface area (Å²) >= 11 is 0. The fraction of sp³-hybridized carbons (Fsp3) is 0.538. The first-order chi connectivity index (χ1) is 9.95. The summed E-state index contributed by atoms with van der Waals surface area (Å²) in [5, 5.41) is 8.17. The Morgan fingerprint density at radius 1 is 1.38 bits per heavy atom. The van der Waals surface area contributed by atoms with Gasteiger partial charge in [0.15, 0.2) is 0 Å². The van der Waals surface area contributed by atoms with Crippen molar-refractivity contribution >= 4 is 10.0 Å². The minimum Gasteiger partial charge on any atom is -0.272 e. The van der Waals surface area contributed by atoms with Crippen LogP contribution >= 0.6 is 0 Å². The number of hydrogen-bond donors (Lipinski definition) is 1. The summed E-state index contributed by atoms with van der Waals surface area (Å²) < 4.78 is 30.5. The van der Waals surface area contributed by atoms with Gasteiger partial charge in [-0.15, -0.1) is 0 Å². The van der Waals surface area contributed by atoms with Crippen LogP contribution in [0.2, 0.25) is 0 Å². The van der Waals surface area contributed by atoms with E-state index in [4.69, 9.17) is 0 Å². The highest BCUT2D eigenvalue weighted by atomic mass is 32.2. The molecule has 1 unspecified atom stereocenters. The molecule has 1 N–H and O–H groups in total. The first-order valence-corrected chi connectivity index (χ1v) is 8.41. The summed E-state index contributed by atoms with van der Waals surface area (Å²) in [7, 11) is -1.78. The van der Waals surface area contributed by atoms with E-state index < -0.39 is 10.0 Å². The molecule has 0 bridgehead atoms. The largest absolute Gasteiger partial charge is 0.272 e. The van der Waals surface area contributed by atoms with Gasteiger partial charge >= 0.3 is 0 Å². The fourth-order valence-corrected chi connectivity index (χ4v) is 3.45. The van der Waals surface area contributed by atoms with Gasteiger partial charge in [0.05, 0.1) is 17.9 Å². The van der Waals surface area contributed by atoms with E-state index in [1.54, 1.807) is 24.9 Å². The van der Waals surface area contributed by atoms with Gasteiger partial charge in [0.25, 0.3) is 0 Å². The van der Waals surface area contributed by atoms with Crippen molar-refractivity contribution < 1.29 is 8.42 Å². The summed E-state index contributed by atoms with van der Waals surface area (Å²) in [5.41, 5.74) is 0.626. The molecule has 0 aliphatic carbocycles. The van der Waals surface area contributed by atoms with Gasteiger partial charge in [-0.1, -0.05) is 6.92 Å². The lowest BCUT2D eigenvalue weighted by Crippen LogP contribution is -2.27. The zero-order chi connectivity index (χ0) is 15.5. The van der Waals surface area contributed by atoms with E-state index in [0.29, 0.717) is 18.7 Å². The molecule has 7 nitrogen and oxygen atoms in total. The van der Waals surface area contributed by atoms with Crippen LogP contribution in [0.25, 0.3) is 0 Å². The number of sulfonamides is 1. The lowest BCUT2D eigenvalue weighted by atomic mass is 10.1. The molecule has 0 spiro atoms. The molecular weight excluding hydrogens is 290 g/mol. The van der Waals surface area contributed by atoms with Crippen molar-refractivity contribution in [2.24, 2.45) is 7.05 Å². The van der Waals surface area contributed by atoms with E-state index in [0.717, 1.165) is 6.42 Å². The molecule has 2 rings (SSSR count). The van der Waals surface area contributed by atoms with Crippen molar-refractivity contribution in [3.63, 3.8) is 0 Å². The van der Waals surface area contributed by atoms with Crippen LogP contribution in [0.1, 0.15) is 31.5 Å². The molecule has 0 aliphatic heterocycles. The molecule has 0 saturated carbocycles. The number of hydrogen-bond acceptors (Lipinski definition) is 4. The Labute approximate surface area is 125 Å². The SMILES string of the molecule is CCC(CCNS(=O)(=O)c1cnn(C)c1C)n1cccn1. The molecular formula is C13H21N5O2S. The topological polar surface area (TPSA) is 81.8 Å². The maximum Gasteiger partial charge on any atom is 0.243 e. The molecule has 0 amide bonds. The van der Waals surface area contributed by atoms with Crippen LogP contribution in [0.5, 0.6) is 0 Å². The number of nitrogens with one attached hydrogen (secondary N) is 1. The third kappa shape index (κ3) is 3.51. The first kappa shape index (κ1) is 15.7. The molecule has 2 heterocycles. The van der Waals surface area contributed by atoms with Crippen LogP contribution < -0.4 is 4.72 Å². The standard InChI is InChI=1S/C13H21N5O2S/c1-4-12(18-9-5-7-14-18)6-8-16-21(19,20)13-10-15-17(3)11(13)2/h5,7,9-10,12,16H,4,6,8H2,1-3H3. The maximum atomic E-state index is 12.2. The summed E-state index contributed by atoms with van der Waals surface area (Å²) in [4.78, 5) is 0.233. The molecule has 2 aromatic rings. The highest BCUT2D eigenvalue weighted by Gasteiger charge is 2.20. The first-order valence-electron chi connectivity index (χ1n) is 6.93. The van der Waals surface area contributed by atoms with Crippen LogP contribution in [0, 0.1) is 6.92 Å². The lowest BCUT2D eigenvalue weighted by Gasteiger charge is -2.15. The molecule has 0 radical (unpaired) electrons. The van der Waals surface area contributed by atoms with Crippen LogP contribution in [-0.2, 0) is 17.1 Å². The van der Waals surface area contributed by atoms with Gasteiger partial charge in [-0.25, -0.2) is 13.1 Å². The van der Waals surface area contributed by atoms with Gasteiger partial charge in [-0.2, -0.15) is 10.2 Å². The predicted molar refractivity (Wildman–Crippen MR) is 79.3 cm³/mol. The smallest absolute Gasteiger partial charge is 0.243 e. The van der Waals surface area contributed by atoms with Crippen molar-refractivity contribution in [2.45, 2.75) is 37.6 Å². The number of aryl methyl sites for hydroxylation is 1. The second kappa shape index (κ2) is 6.40. The maximum absolute atomic E-state index is 12.2. The van der Waals surface area contributed by atoms with E-state index >= 15 is 0 Å². The monoisotopic (exact) mass is 311 g/mol. The second-order valence-corrected chi connectivity index (χ2v) is 6.69. The highest BCUT2D eigenvalue weighted by molar-refractivity contribution is 7.89. The average molecular weight is 311 g/mol. The normalized spacial score (nSPS) is 13.5. The Hall–Kier alpha value is -1.67. The molecule has 8 heteroatoms.